The Balaban J connectivity index is 1.63. The first-order valence-electron chi connectivity index (χ1n) is 7.17. The molecule has 0 saturated carbocycles. The van der Waals surface area contributed by atoms with Crippen molar-refractivity contribution in [2.75, 3.05) is 18.1 Å². The number of aryl methyl sites for hydroxylation is 1. The normalized spacial score (nSPS) is 21.0. The van der Waals surface area contributed by atoms with Crippen molar-refractivity contribution in [1.29, 1.82) is 0 Å². The molecule has 1 saturated heterocycles. The Morgan fingerprint density at radius 3 is 2.77 bits per heavy atom. The summed E-state index contributed by atoms with van der Waals surface area (Å²) in [6, 6.07) is 7.42. The molecule has 0 aliphatic carbocycles. The van der Waals surface area contributed by atoms with Gasteiger partial charge in [0.15, 0.2) is 0 Å². The minimum atomic E-state index is -0.751. The Labute approximate surface area is 138 Å². The lowest BCUT2D eigenvalue weighted by Gasteiger charge is -2.21. The lowest BCUT2D eigenvalue weighted by atomic mass is 10.0. The number of hydrogen-bond donors (Lipinski definition) is 2. The second kappa shape index (κ2) is 6.40. The average molecular weight is 334 g/mol. The second-order valence-electron chi connectivity index (χ2n) is 5.58. The summed E-state index contributed by atoms with van der Waals surface area (Å²) in [4.78, 5) is 16.6. The van der Waals surface area contributed by atoms with Crippen molar-refractivity contribution in [3.05, 3.63) is 40.9 Å². The molecule has 1 aromatic heterocycles. The van der Waals surface area contributed by atoms with Gasteiger partial charge in [-0.15, -0.1) is 11.3 Å². The number of benzene rings is 1. The van der Waals surface area contributed by atoms with Crippen LogP contribution in [0.4, 0.5) is 0 Å². The molecule has 3 rings (SSSR count). The van der Waals surface area contributed by atoms with Crippen LogP contribution in [0.25, 0.3) is 10.6 Å². The van der Waals surface area contributed by atoms with Crippen molar-refractivity contribution >= 4 is 29.0 Å². The van der Waals surface area contributed by atoms with E-state index in [0.29, 0.717) is 17.9 Å². The molecule has 1 aliphatic heterocycles. The third-order valence-electron chi connectivity index (χ3n) is 3.67. The third kappa shape index (κ3) is 3.51. The number of aromatic nitrogens is 1. The van der Waals surface area contributed by atoms with Crippen molar-refractivity contribution in [3.63, 3.8) is 0 Å². The summed E-state index contributed by atoms with van der Waals surface area (Å²) in [5, 5.41) is 16.0. The van der Waals surface area contributed by atoms with E-state index in [-0.39, 0.29) is 5.91 Å². The number of amides is 1. The Morgan fingerprint density at radius 2 is 2.18 bits per heavy atom. The van der Waals surface area contributed by atoms with E-state index in [9.17, 15) is 9.90 Å². The van der Waals surface area contributed by atoms with Gasteiger partial charge in [0.05, 0.1) is 5.60 Å². The molecule has 22 heavy (non-hydrogen) atoms. The molecular formula is C16H18N2O2S2. The highest BCUT2D eigenvalue weighted by molar-refractivity contribution is 7.99. The Kier molecular flexibility index (Phi) is 4.52. The Hall–Kier alpha value is -1.37. The number of carbonyl (C=O) groups is 1. The van der Waals surface area contributed by atoms with Crippen LogP contribution in [0.1, 0.15) is 22.5 Å². The van der Waals surface area contributed by atoms with Crippen LogP contribution in [0.5, 0.6) is 0 Å². The van der Waals surface area contributed by atoms with Crippen LogP contribution in [0, 0.1) is 6.92 Å². The van der Waals surface area contributed by atoms with Gasteiger partial charge in [-0.3, -0.25) is 4.79 Å². The van der Waals surface area contributed by atoms with Gasteiger partial charge in [0.1, 0.15) is 5.01 Å². The largest absolute Gasteiger partial charge is 0.387 e. The lowest BCUT2D eigenvalue weighted by Crippen LogP contribution is -2.42. The van der Waals surface area contributed by atoms with Crippen molar-refractivity contribution in [1.82, 2.24) is 10.3 Å². The molecule has 1 unspecified atom stereocenters. The molecule has 2 aromatic rings. The van der Waals surface area contributed by atoms with Gasteiger partial charge >= 0.3 is 0 Å². The molecule has 0 bridgehead atoms. The quantitative estimate of drug-likeness (QED) is 0.902. The van der Waals surface area contributed by atoms with Crippen LogP contribution in [0.15, 0.2) is 29.6 Å². The van der Waals surface area contributed by atoms with Gasteiger partial charge in [0, 0.05) is 34.5 Å². The molecule has 1 atom stereocenters. The molecule has 2 N–H and O–H groups in total. The molecule has 1 aliphatic rings. The highest BCUT2D eigenvalue weighted by Crippen LogP contribution is 2.27. The van der Waals surface area contributed by atoms with Gasteiger partial charge in [-0.05, 0) is 31.2 Å². The molecule has 0 radical (unpaired) electrons. The van der Waals surface area contributed by atoms with E-state index in [1.165, 1.54) is 0 Å². The van der Waals surface area contributed by atoms with Gasteiger partial charge in [-0.25, -0.2) is 4.98 Å². The molecule has 4 nitrogen and oxygen atoms in total. The van der Waals surface area contributed by atoms with E-state index in [4.69, 9.17) is 0 Å². The van der Waals surface area contributed by atoms with Crippen molar-refractivity contribution < 1.29 is 9.90 Å². The summed E-state index contributed by atoms with van der Waals surface area (Å²) in [5.41, 5.74) is 1.87. The van der Waals surface area contributed by atoms with Gasteiger partial charge < -0.3 is 10.4 Å². The van der Waals surface area contributed by atoms with Crippen LogP contribution >= 0.6 is 23.1 Å². The van der Waals surface area contributed by atoms with Crippen LogP contribution in [-0.4, -0.2) is 39.6 Å². The van der Waals surface area contributed by atoms with E-state index in [1.807, 2.05) is 24.4 Å². The number of nitrogens with one attached hydrogen (secondary N) is 1. The zero-order valence-corrected chi connectivity index (χ0v) is 14.0. The number of hydrogen-bond acceptors (Lipinski definition) is 5. The smallest absolute Gasteiger partial charge is 0.251 e. The zero-order chi connectivity index (χ0) is 15.6. The van der Waals surface area contributed by atoms with E-state index in [2.05, 4.69) is 10.3 Å². The number of rotatable bonds is 4. The van der Waals surface area contributed by atoms with Crippen LogP contribution in [-0.2, 0) is 0 Å². The molecule has 116 valence electrons. The summed E-state index contributed by atoms with van der Waals surface area (Å²) in [7, 11) is 0. The summed E-state index contributed by atoms with van der Waals surface area (Å²) in [5.74, 6) is 1.50. The minimum absolute atomic E-state index is 0.146. The van der Waals surface area contributed by atoms with E-state index < -0.39 is 5.60 Å². The van der Waals surface area contributed by atoms with Crippen LogP contribution in [0.2, 0.25) is 0 Å². The zero-order valence-electron chi connectivity index (χ0n) is 12.3. The highest BCUT2D eigenvalue weighted by Gasteiger charge is 2.32. The number of aliphatic hydroxyl groups is 1. The molecular weight excluding hydrogens is 316 g/mol. The predicted octanol–water partition coefficient (Wildman–Crippen LogP) is 2.72. The Bertz CT molecular complexity index is 661. The van der Waals surface area contributed by atoms with Gasteiger partial charge in [0.2, 0.25) is 0 Å². The monoisotopic (exact) mass is 334 g/mol. The molecule has 0 spiro atoms. The molecule has 6 heteroatoms. The third-order valence-corrected chi connectivity index (χ3v) is 5.92. The maximum Gasteiger partial charge on any atom is 0.251 e. The minimum Gasteiger partial charge on any atom is -0.387 e. The topological polar surface area (TPSA) is 62.2 Å². The maximum absolute atomic E-state index is 12.2. The highest BCUT2D eigenvalue weighted by atomic mass is 32.2. The fourth-order valence-corrected chi connectivity index (χ4v) is 4.43. The van der Waals surface area contributed by atoms with E-state index in [1.54, 1.807) is 35.2 Å². The fourth-order valence-electron chi connectivity index (χ4n) is 2.33. The van der Waals surface area contributed by atoms with Crippen LogP contribution < -0.4 is 5.32 Å². The number of carbonyl (C=O) groups excluding carboxylic acids is 1. The fraction of sp³-hybridized carbons (Fsp3) is 0.375. The van der Waals surface area contributed by atoms with Gasteiger partial charge in [-0.2, -0.15) is 11.8 Å². The summed E-state index contributed by atoms with van der Waals surface area (Å²) in [6.07, 6.45) is 0.736. The van der Waals surface area contributed by atoms with Gasteiger partial charge in [-0.1, -0.05) is 12.1 Å². The SMILES string of the molecule is Cc1csc(-c2ccc(C(=O)NCC3(O)CCSC3)cc2)n1. The molecule has 1 amide bonds. The molecule has 1 fully saturated rings. The number of thiazole rings is 1. The number of nitrogens with zero attached hydrogens (tertiary/aromatic N) is 1. The summed E-state index contributed by atoms with van der Waals surface area (Å²) < 4.78 is 0. The maximum atomic E-state index is 12.2. The van der Waals surface area contributed by atoms with Crippen molar-refractivity contribution in [2.24, 2.45) is 0 Å². The first-order chi connectivity index (χ1) is 10.6. The second-order valence-corrected chi connectivity index (χ2v) is 7.54. The first-order valence-corrected chi connectivity index (χ1v) is 9.20. The van der Waals surface area contributed by atoms with E-state index >= 15 is 0 Å². The Morgan fingerprint density at radius 1 is 1.41 bits per heavy atom. The van der Waals surface area contributed by atoms with Crippen molar-refractivity contribution in [3.8, 4) is 10.6 Å². The predicted molar refractivity (Wildman–Crippen MR) is 91.5 cm³/mol. The number of thioether (sulfide) groups is 1. The van der Waals surface area contributed by atoms with Gasteiger partial charge in [0.25, 0.3) is 5.91 Å². The van der Waals surface area contributed by atoms with Crippen molar-refractivity contribution in [2.45, 2.75) is 18.9 Å². The summed E-state index contributed by atoms with van der Waals surface area (Å²) in [6.45, 7) is 2.28. The molecule has 2 heterocycles. The summed E-state index contributed by atoms with van der Waals surface area (Å²) >= 11 is 3.32. The average Bonchev–Trinajstić information content (AvgIpc) is 3.14. The lowest BCUT2D eigenvalue weighted by molar-refractivity contribution is 0.0612. The first kappa shape index (κ1) is 15.5. The standard InChI is InChI=1S/C16H18N2O2S2/c1-11-8-22-15(18-11)13-4-2-12(3-5-13)14(19)17-9-16(20)6-7-21-10-16/h2-5,8,20H,6-7,9-10H2,1H3,(H,17,19). The molecule has 1 aromatic carbocycles. The van der Waals surface area contributed by atoms with Crippen LogP contribution in [0.3, 0.4) is 0 Å². The van der Waals surface area contributed by atoms with E-state index in [0.717, 1.165) is 28.4 Å².